The average Bonchev–Trinajstić information content (AvgIpc) is 3.23. The van der Waals surface area contributed by atoms with Crippen LogP contribution in [0.4, 0.5) is 10.7 Å². The number of amides is 1. The largest absolute Gasteiger partial charge is 0.444 e. The summed E-state index contributed by atoms with van der Waals surface area (Å²) in [5.41, 5.74) is 3.18. The Bertz CT molecular complexity index is 1330. The first-order valence-corrected chi connectivity index (χ1v) is 11.7. The molecule has 1 amide bonds. The molecule has 1 aliphatic carbocycles. The number of aromatic amines is 1. The van der Waals surface area contributed by atoms with Crippen molar-refractivity contribution in [1.29, 1.82) is 0 Å². The van der Waals surface area contributed by atoms with Crippen LogP contribution in [-0.2, 0) is 4.74 Å². The molecule has 3 N–H and O–H groups in total. The number of anilines is 1. The number of hydrogen-bond donors (Lipinski definition) is 3. The Balaban J connectivity index is 1.43. The van der Waals surface area contributed by atoms with Crippen molar-refractivity contribution < 1.29 is 9.53 Å². The van der Waals surface area contributed by atoms with Gasteiger partial charge in [0.2, 0.25) is 5.95 Å². The molecule has 0 saturated heterocycles. The monoisotopic (exact) mass is 459 g/mol. The predicted molar refractivity (Wildman–Crippen MR) is 131 cm³/mol. The normalized spacial score (nSPS) is 18.7. The summed E-state index contributed by atoms with van der Waals surface area (Å²) >= 11 is 0. The molecule has 4 aromatic heterocycles. The van der Waals surface area contributed by atoms with Crippen LogP contribution in [0.25, 0.3) is 32.9 Å². The maximum absolute atomic E-state index is 12.4. The zero-order chi connectivity index (χ0) is 23.7. The van der Waals surface area contributed by atoms with Crippen LogP contribution in [0.15, 0.2) is 43.2 Å². The molecule has 1 saturated carbocycles. The van der Waals surface area contributed by atoms with Gasteiger partial charge in [-0.2, -0.15) is 0 Å². The van der Waals surface area contributed by atoms with E-state index in [1.165, 1.54) is 0 Å². The molecular formula is C25H29N7O2. The summed E-state index contributed by atoms with van der Waals surface area (Å²) in [5.74, 6) is 0.532. The van der Waals surface area contributed by atoms with Crippen LogP contribution in [0.3, 0.4) is 0 Å². The molecule has 2 atom stereocenters. The van der Waals surface area contributed by atoms with Crippen LogP contribution >= 0.6 is 0 Å². The van der Waals surface area contributed by atoms with Gasteiger partial charge in [0.15, 0.2) is 0 Å². The number of fused-ring (bicyclic) bond motifs is 2. The third kappa shape index (κ3) is 4.64. The van der Waals surface area contributed by atoms with Crippen LogP contribution in [0, 0.1) is 0 Å². The summed E-state index contributed by atoms with van der Waals surface area (Å²) < 4.78 is 5.47. The van der Waals surface area contributed by atoms with Crippen molar-refractivity contribution in [3.05, 3.63) is 43.2 Å². The van der Waals surface area contributed by atoms with Gasteiger partial charge < -0.3 is 20.4 Å². The smallest absolute Gasteiger partial charge is 0.407 e. The molecule has 0 bridgehead atoms. The summed E-state index contributed by atoms with van der Waals surface area (Å²) in [4.78, 5) is 33.6. The highest BCUT2D eigenvalue weighted by atomic mass is 16.6. The van der Waals surface area contributed by atoms with Crippen molar-refractivity contribution in [3.8, 4) is 11.1 Å². The summed E-state index contributed by atoms with van der Waals surface area (Å²) in [7, 11) is 0. The van der Waals surface area contributed by atoms with E-state index in [0.29, 0.717) is 5.95 Å². The molecular weight excluding hydrogens is 430 g/mol. The number of hydrogen-bond acceptors (Lipinski definition) is 7. The number of nitrogens with one attached hydrogen (secondary N) is 3. The number of carbonyl (C=O) groups is 1. The lowest BCUT2D eigenvalue weighted by Crippen LogP contribution is -2.50. The molecule has 34 heavy (non-hydrogen) atoms. The quantitative estimate of drug-likeness (QED) is 0.401. The molecule has 9 heteroatoms. The topological polar surface area (TPSA) is 118 Å². The highest BCUT2D eigenvalue weighted by molar-refractivity contribution is 6.02. The van der Waals surface area contributed by atoms with E-state index in [1.807, 2.05) is 39.2 Å². The van der Waals surface area contributed by atoms with E-state index in [1.54, 1.807) is 24.8 Å². The molecule has 5 rings (SSSR count). The molecule has 0 aliphatic heterocycles. The first-order chi connectivity index (χ1) is 16.4. The van der Waals surface area contributed by atoms with E-state index in [0.717, 1.165) is 58.6 Å². The minimum absolute atomic E-state index is 0.0168. The van der Waals surface area contributed by atoms with E-state index < -0.39 is 11.7 Å². The number of aromatic nitrogens is 5. The number of nitrogens with zero attached hydrogens (tertiary/aromatic N) is 4. The van der Waals surface area contributed by atoms with Crippen molar-refractivity contribution >= 4 is 33.8 Å². The molecule has 176 valence electrons. The Labute approximate surface area is 197 Å². The van der Waals surface area contributed by atoms with Gasteiger partial charge in [0.05, 0.1) is 23.3 Å². The van der Waals surface area contributed by atoms with Gasteiger partial charge in [-0.3, -0.25) is 9.97 Å². The Kier molecular flexibility index (Phi) is 5.77. The highest BCUT2D eigenvalue weighted by Crippen LogP contribution is 2.32. The number of pyridine rings is 2. The molecule has 0 aromatic carbocycles. The Morgan fingerprint density at radius 2 is 1.88 bits per heavy atom. The zero-order valence-corrected chi connectivity index (χ0v) is 19.6. The summed E-state index contributed by atoms with van der Waals surface area (Å²) in [6.45, 7) is 5.59. The molecule has 9 nitrogen and oxygen atoms in total. The van der Waals surface area contributed by atoms with Gasteiger partial charge in [-0.1, -0.05) is 12.8 Å². The van der Waals surface area contributed by atoms with Crippen molar-refractivity contribution in [2.75, 3.05) is 5.32 Å². The summed E-state index contributed by atoms with van der Waals surface area (Å²) in [6, 6.07) is 1.94. The van der Waals surface area contributed by atoms with Gasteiger partial charge >= 0.3 is 6.09 Å². The van der Waals surface area contributed by atoms with Gasteiger partial charge in [0, 0.05) is 58.9 Å². The Hall–Kier alpha value is -3.75. The predicted octanol–water partition coefficient (Wildman–Crippen LogP) is 4.82. The molecule has 4 heterocycles. The average molecular weight is 460 g/mol. The number of ether oxygens (including phenoxy) is 1. The second kappa shape index (κ2) is 8.89. The first kappa shape index (κ1) is 22.1. The van der Waals surface area contributed by atoms with Gasteiger partial charge in [0.25, 0.3) is 0 Å². The zero-order valence-electron chi connectivity index (χ0n) is 19.6. The van der Waals surface area contributed by atoms with Crippen LogP contribution < -0.4 is 10.6 Å². The number of carbonyl (C=O) groups excluding carboxylic acids is 1. The molecule has 0 spiro atoms. The molecule has 0 unspecified atom stereocenters. The van der Waals surface area contributed by atoms with Crippen LogP contribution in [0.1, 0.15) is 46.5 Å². The second-order valence-corrected chi connectivity index (χ2v) is 9.73. The number of rotatable bonds is 4. The minimum Gasteiger partial charge on any atom is -0.444 e. The van der Waals surface area contributed by atoms with Gasteiger partial charge in [-0.05, 0) is 39.7 Å². The van der Waals surface area contributed by atoms with Crippen molar-refractivity contribution in [2.24, 2.45) is 0 Å². The van der Waals surface area contributed by atoms with E-state index >= 15 is 0 Å². The van der Waals surface area contributed by atoms with Crippen LogP contribution in [-0.4, -0.2) is 48.7 Å². The molecule has 1 fully saturated rings. The lowest BCUT2D eigenvalue weighted by molar-refractivity contribution is 0.0488. The van der Waals surface area contributed by atoms with Crippen molar-refractivity contribution in [3.63, 3.8) is 0 Å². The lowest BCUT2D eigenvalue weighted by atomic mass is 9.90. The third-order valence-electron chi connectivity index (χ3n) is 6.05. The lowest BCUT2D eigenvalue weighted by Gasteiger charge is -2.33. The highest BCUT2D eigenvalue weighted by Gasteiger charge is 2.29. The SMILES string of the molecule is CC(C)(C)OC(=O)N[C@H]1CCCC[C@H]1Nc1ncc2cncc(-c3c[nH]c4cnccc34)c2n1. The van der Waals surface area contributed by atoms with Gasteiger partial charge in [0.1, 0.15) is 5.60 Å². The standard InChI is InChI=1S/C25H29N7O2/c1-25(2,3)34-24(33)31-20-7-5-4-6-19(20)30-23-29-11-15-10-27-12-18(22(15)32-23)17-13-28-21-14-26-9-8-16(17)21/h8-14,19-20,28H,4-7H2,1-3H3,(H,31,33)(H,29,30,32)/t19-,20+/m1/s1. The second-order valence-electron chi connectivity index (χ2n) is 9.73. The maximum atomic E-state index is 12.4. The Morgan fingerprint density at radius 1 is 1.06 bits per heavy atom. The minimum atomic E-state index is -0.536. The van der Waals surface area contributed by atoms with Crippen molar-refractivity contribution in [2.45, 2.75) is 64.1 Å². The summed E-state index contributed by atoms with van der Waals surface area (Å²) in [6.07, 6.45) is 14.5. The van der Waals surface area contributed by atoms with E-state index in [4.69, 9.17) is 9.72 Å². The van der Waals surface area contributed by atoms with Gasteiger partial charge in [-0.25, -0.2) is 14.8 Å². The van der Waals surface area contributed by atoms with Crippen LogP contribution in [0.2, 0.25) is 0 Å². The van der Waals surface area contributed by atoms with E-state index in [-0.39, 0.29) is 12.1 Å². The Morgan fingerprint density at radius 3 is 2.71 bits per heavy atom. The molecule has 4 aromatic rings. The van der Waals surface area contributed by atoms with Crippen LogP contribution in [0.5, 0.6) is 0 Å². The number of H-pyrrole nitrogens is 1. The maximum Gasteiger partial charge on any atom is 0.407 e. The fraction of sp³-hybridized carbons (Fsp3) is 0.400. The first-order valence-electron chi connectivity index (χ1n) is 11.7. The fourth-order valence-electron chi connectivity index (χ4n) is 4.52. The third-order valence-corrected chi connectivity index (χ3v) is 6.05. The fourth-order valence-corrected chi connectivity index (χ4v) is 4.52. The molecule has 0 radical (unpaired) electrons. The van der Waals surface area contributed by atoms with Gasteiger partial charge in [-0.15, -0.1) is 0 Å². The number of alkyl carbamates (subject to hydrolysis) is 1. The molecule has 1 aliphatic rings. The van der Waals surface area contributed by atoms with E-state index in [9.17, 15) is 4.79 Å². The van der Waals surface area contributed by atoms with E-state index in [2.05, 4.69) is 30.6 Å². The van der Waals surface area contributed by atoms with Crippen molar-refractivity contribution in [1.82, 2.24) is 30.2 Å². The summed E-state index contributed by atoms with van der Waals surface area (Å²) in [5, 5.41) is 8.43.